The standard InChI is InChI=1S/C15H21BrN2O/c1-18(9-7-12-4-3-8-17-11-12)15(19)13-5-2-6-14(16)10-13/h2,5-6,10,12,17H,3-4,7-9,11H2,1H3. The van der Waals surface area contributed by atoms with Crippen molar-refractivity contribution in [1.82, 2.24) is 10.2 Å². The summed E-state index contributed by atoms with van der Waals surface area (Å²) in [4.78, 5) is 14.1. The van der Waals surface area contributed by atoms with Gasteiger partial charge in [-0.1, -0.05) is 22.0 Å². The van der Waals surface area contributed by atoms with Gasteiger partial charge in [-0.2, -0.15) is 0 Å². The highest BCUT2D eigenvalue weighted by Gasteiger charge is 2.16. The van der Waals surface area contributed by atoms with Gasteiger partial charge in [-0.3, -0.25) is 4.79 Å². The number of hydrogen-bond donors (Lipinski definition) is 1. The molecule has 0 saturated carbocycles. The van der Waals surface area contributed by atoms with Crippen LogP contribution in [0.5, 0.6) is 0 Å². The van der Waals surface area contributed by atoms with Crippen LogP contribution in [0.1, 0.15) is 29.6 Å². The average molecular weight is 325 g/mol. The van der Waals surface area contributed by atoms with Gasteiger partial charge in [-0.05, 0) is 56.5 Å². The molecule has 0 spiro atoms. The zero-order chi connectivity index (χ0) is 13.7. The van der Waals surface area contributed by atoms with Crippen molar-refractivity contribution in [3.63, 3.8) is 0 Å². The van der Waals surface area contributed by atoms with Crippen molar-refractivity contribution < 1.29 is 4.79 Å². The van der Waals surface area contributed by atoms with E-state index in [4.69, 9.17) is 0 Å². The Bertz CT molecular complexity index is 430. The van der Waals surface area contributed by atoms with Crippen molar-refractivity contribution in [3.05, 3.63) is 34.3 Å². The second-order valence-corrected chi connectivity index (χ2v) is 6.15. The topological polar surface area (TPSA) is 32.3 Å². The molecule has 0 aliphatic carbocycles. The lowest BCUT2D eigenvalue weighted by Gasteiger charge is -2.25. The van der Waals surface area contributed by atoms with Gasteiger partial charge >= 0.3 is 0 Å². The minimum atomic E-state index is 0.102. The number of rotatable bonds is 4. The molecule has 2 rings (SSSR count). The van der Waals surface area contributed by atoms with Crippen molar-refractivity contribution in [3.8, 4) is 0 Å². The van der Waals surface area contributed by atoms with Gasteiger partial charge in [0.1, 0.15) is 0 Å². The Labute approximate surface area is 123 Å². The number of benzene rings is 1. The van der Waals surface area contributed by atoms with Crippen LogP contribution in [0.15, 0.2) is 28.7 Å². The number of carbonyl (C=O) groups excluding carboxylic acids is 1. The summed E-state index contributed by atoms with van der Waals surface area (Å²) in [6.07, 6.45) is 3.63. The normalized spacial score (nSPS) is 19.2. The molecule has 1 unspecified atom stereocenters. The van der Waals surface area contributed by atoms with Crippen LogP contribution < -0.4 is 5.32 Å². The molecule has 1 aliphatic rings. The molecule has 0 radical (unpaired) electrons. The molecule has 1 aliphatic heterocycles. The zero-order valence-corrected chi connectivity index (χ0v) is 12.9. The summed E-state index contributed by atoms with van der Waals surface area (Å²) in [5, 5.41) is 3.42. The number of nitrogens with one attached hydrogen (secondary N) is 1. The number of piperidine rings is 1. The first-order valence-electron chi connectivity index (χ1n) is 6.88. The number of halogens is 1. The molecule has 0 aromatic heterocycles. The first kappa shape index (κ1) is 14.5. The SMILES string of the molecule is CN(CCC1CCCNC1)C(=O)c1cccc(Br)c1. The van der Waals surface area contributed by atoms with Crippen LogP contribution in [0.2, 0.25) is 0 Å². The molecule has 3 nitrogen and oxygen atoms in total. The highest BCUT2D eigenvalue weighted by molar-refractivity contribution is 9.10. The van der Waals surface area contributed by atoms with E-state index in [1.54, 1.807) is 0 Å². The molecule has 1 fully saturated rings. The minimum absolute atomic E-state index is 0.102. The number of nitrogens with zero attached hydrogens (tertiary/aromatic N) is 1. The van der Waals surface area contributed by atoms with E-state index in [0.717, 1.165) is 36.1 Å². The molecular formula is C15H21BrN2O. The maximum absolute atomic E-state index is 12.3. The molecule has 19 heavy (non-hydrogen) atoms. The van der Waals surface area contributed by atoms with E-state index in [1.807, 2.05) is 36.2 Å². The van der Waals surface area contributed by atoms with Crippen molar-refractivity contribution in [2.75, 3.05) is 26.7 Å². The molecule has 1 atom stereocenters. The van der Waals surface area contributed by atoms with Crippen LogP contribution in [0.25, 0.3) is 0 Å². The quantitative estimate of drug-likeness (QED) is 0.923. The van der Waals surface area contributed by atoms with Crippen LogP contribution in [0.3, 0.4) is 0 Å². The second kappa shape index (κ2) is 7.06. The molecule has 1 amide bonds. The predicted molar refractivity (Wildman–Crippen MR) is 81.3 cm³/mol. The van der Waals surface area contributed by atoms with Gasteiger partial charge in [-0.25, -0.2) is 0 Å². The molecule has 1 aromatic rings. The lowest BCUT2D eigenvalue weighted by molar-refractivity contribution is 0.0785. The Morgan fingerprint density at radius 1 is 1.53 bits per heavy atom. The van der Waals surface area contributed by atoms with Crippen LogP contribution in [-0.2, 0) is 0 Å². The summed E-state index contributed by atoms with van der Waals surface area (Å²) in [6.45, 7) is 3.07. The molecule has 1 aromatic carbocycles. The van der Waals surface area contributed by atoms with Gasteiger partial charge in [0, 0.05) is 23.6 Å². The highest BCUT2D eigenvalue weighted by atomic mass is 79.9. The molecule has 1 N–H and O–H groups in total. The number of amides is 1. The third kappa shape index (κ3) is 4.32. The summed E-state index contributed by atoms with van der Waals surface area (Å²) < 4.78 is 0.947. The number of hydrogen-bond acceptors (Lipinski definition) is 2. The van der Waals surface area contributed by atoms with E-state index in [9.17, 15) is 4.79 Å². The van der Waals surface area contributed by atoms with Gasteiger partial charge in [0.15, 0.2) is 0 Å². The van der Waals surface area contributed by atoms with E-state index in [2.05, 4.69) is 21.2 Å². The average Bonchev–Trinajstić information content (AvgIpc) is 2.45. The van der Waals surface area contributed by atoms with Gasteiger partial charge < -0.3 is 10.2 Å². The largest absolute Gasteiger partial charge is 0.342 e. The maximum Gasteiger partial charge on any atom is 0.253 e. The van der Waals surface area contributed by atoms with Crippen LogP contribution in [-0.4, -0.2) is 37.5 Å². The predicted octanol–water partition coefficient (Wildman–Crippen LogP) is 2.91. The van der Waals surface area contributed by atoms with Crippen molar-refractivity contribution in [2.24, 2.45) is 5.92 Å². The zero-order valence-electron chi connectivity index (χ0n) is 11.4. The van der Waals surface area contributed by atoms with E-state index in [0.29, 0.717) is 5.92 Å². The first-order valence-corrected chi connectivity index (χ1v) is 7.68. The third-order valence-corrected chi connectivity index (χ3v) is 4.18. The lowest BCUT2D eigenvalue weighted by atomic mass is 9.96. The molecular weight excluding hydrogens is 304 g/mol. The van der Waals surface area contributed by atoms with Crippen molar-refractivity contribution in [1.29, 1.82) is 0 Å². The van der Waals surface area contributed by atoms with Gasteiger partial charge in [-0.15, -0.1) is 0 Å². The Balaban J connectivity index is 1.85. The Hall–Kier alpha value is -0.870. The van der Waals surface area contributed by atoms with Gasteiger partial charge in [0.05, 0.1) is 0 Å². The highest BCUT2D eigenvalue weighted by Crippen LogP contribution is 2.16. The van der Waals surface area contributed by atoms with Gasteiger partial charge in [0.2, 0.25) is 0 Å². The van der Waals surface area contributed by atoms with Crippen molar-refractivity contribution in [2.45, 2.75) is 19.3 Å². The van der Waals surface area contributed by atoms with Crippen LogP contribution in [0.4, 0.5) is 0 Å². The Morgan fingerprint density at radius 2 is 2.37 bits per heavy atom. The third-order valence-electron chi connectivity index (χ3n) is 3.69. The summed E-state index contributed by atoms with van der Waals surface area (Å²) in [7, 11) is 1.89. The summed E-state index contributed by atoms with van der Waals surface area (Å²) >= 11 is 3.40. The molecule has 0 bridgehead atoms. The molecule has 1 heterocycles. The maximum atomic E-state index is 12.3. The van der Waals surface area contributed by atoms with E-state index in [1.165, 1.54) is 12.8 Å². The van der Waals surface area contributed by atoms with E-state index in [-0.39, 0.29) is 5.91 Å². The van der Waals surface area contributed by atoms with Crippen LogP contribution >= 0.6 is 15.9 Å². The molecule has 1 saturated heterocycles. The first-order chi connectivity index (χ1) is 9.16. The monoisotopic (exact) mass is 324 g/mol. The Morgan fingerprint density at radius 3 is 3.05 bits per heavy atom. The number of carbonyl (C=O) groups is 1. The van der Waals surface area contributed by atoms with Crippen LogP contribution in [0, 0.1) is 5.92 Å². The molecule has 4 heteroatoms. The Kier molecular flexibility index (Phi) is 5.40. The summed E-state index contributed by atoms with van der Waals surface area (Å²) in [6, 6.07) is 7.58. The van der Waals surface area contributed by atoms with E-state index >= 15 is 0 Å². The second-order valence-electron chi connectivity index (χ2n) is 5.24. The fraction of sp³-hybridized carbons (Fsp3) is 0.533. The lowest BCUT2D eigenvalue weighted by Crippen LogP contribution is -2.34. The fourth-order valence-corrected chi connectivity index (χ4v) is 2.89. The minimum Gasteiger partial charge on any atom is -0.342 e. The smallest absolute Gasteiger partial charge is 0.253 e. The fourth-order valence-electron chi connectivity index (χ4n) is 2.49. The van der Waals surface area contributed by atoms with Gasteiger partial charge in [0.25, 0.3) is 5.91 Å². The van der Waals surface area contributed by atoms with Crippen molar-refractivity contribution >= 4 is 21.8 Å². The molecule has 104 valence electrons. The van der Waals surface area contributed by atoms with E-state index < -0.39 is 0 Å². The summed E-state index contributed by atoms with van der Waals surface area (Å²) in [5.74, 6) is 0.816. The summed E-state index contributed by atoms with van der Waals surface area (Å²) in [5.41, 5.74) is 0.749.